The maximum atomic E-state index is 10.8. The number of para-hydroxylation sites is 2. The molecule has 0 amide bonds. The van der Waals surface area contributed by atoms with Gasteiger partial charge in [-0.25, -0.2) is 4.21 Å². The van der Waals surface area contributed by atoms with E-state index in [1.54, 1.807) is 0 Å². The topological polar surface area (TPSA) is 92.7 Å². The van der Waals surface area contributed by atoms with Gasteiger partial charge in [-0.3, -0.25) is 0 Å². The molecule has 1 aromatic carbocycles. The van der Waals surface area contributed by atoms with E-state index in [0.29, 0.717) is 0 Å². The second-order valence-corrected chi connectivity index (χ2v) is 6.97. The van der Waals surface area contributed by atoms with E-state index < -0.39 is 18.7 Å². The van der Waals surface area contributed by atoms with Crippen molar-refractivity contribution < 1.29 is 25.5 Å². The molecule has 0 aliphatic heterocycles. The number of hydrogen-bond acceptors (Lipinski definition) is 6. The summed E-state index contributed by atoms with van der Waals surface area (Å²) in [5.41, 5.74) is 0. The molecule has 84 valence electrons. The summed E-state index contributed by atoms with van der Waals surface area (Å²) in [6.45, 7) is 0. The van der Waals surface area contributed by atoms with Gasteiger partial charge >= 0.3 is 7.29 Å². The lowest BCUT2D eigenvalue weighted by molar-refractivity contribution is 0.426. The number of benzene rings is 1. The van der Waals surface area contributed by atoms with E-state index >= 15 is 0 Å². The fraction of sp³-hybridized carbons (Fsp3) is 0. The maximum Gasteiger partial charge on any atom is 0.364 e. The largest absolute Gasteiger partial charge is 0.740 e. The van der Waals surface area contributed by atoms with E-state index in [2.05, 4.69) is 8.37 Å². The molecule has 0 aliphatic carbocycles. The van der Waals surface area contributed by atoms with Gasteiger partial charge in [0.05, 0.1) is 0 Å². The van der Waals surface area contributed by atoms with E-state index in [-0.39, 0.29) is 11.5 Å². The van der Waals surface area contributed by atoms with Crippen molar-refractivity contribution in [3.8, 4) is 11.5 Å². The van der Waals surface area contributed by atoms with Crippen LogP contribution in [0.4, 0.5) is 0 Å². The van der Waals surface area contributed by atoms with Gasteiger partial charge < -0.3 is 12.9 Å². The van der Waals surface area contributed by atoms with Gasteiger partial charge in [-0.15, -0.1) is 0 Å². The summed E-state index contributed by atoms with van der Waals surface area (Å²) in [5, 5.41) is 0. The van der Waals surface area contributed by atoms with Crippen LogP contribution in [0.1, 0.15) is 0 Å². The zero-order valence-electron chi connectivity index (χ0n) is 6.95. The minimum atomic E-state index is -3.75. The van der Waals surface area contributed by atoms with E-state index in [1.165, 1.54) is 24.3 Å². The summed E-state index contributed by atoms with van der Waals surface area (Å²) in [4.78, 5) is 0. The van der Waals surface area contributed by atoms with Crippen LogP contribution in [-0.4, -0.2) is 17.2 Å². The molecule has 1 unspecified atom stereocenters. The van der Waals surface area contributed by atoms with Crippen LogP contribution in [0.5, 0.6) is 11.5 Å². The van der Waals surface area contributed by atoms with Crippen LogP contribution in [-0.2, 0) is 18.7 Å². The molecule has 0 radical (unpaired) electrons. The van der Waals surface area contributed by atoms with Crippen molar-refractivity contribution >= 4 is 39.9 Å². The average Bonchev–Trinajstić information content (AvgIpc) is 2.05. The molecule has 0 saturated carbocycles. The second kappa shape index (κ2) is 5.09. The highest BCUT2D eigenvalue weighted by atomic mass is 127. The van der Waals surface area contributed by atoms with E-state index in [4.69, 9.17) is 0 Å². The lowest BCUT2D eigenvalue weighted by Crippen LogP contribution is -2.03. The first kappa shape index (κ1) is 12.7. The van der Waals surface area contributed by atoms with Gasteiger partial charge in [0.1, 0.15) is 32.6 Å². The monoisotopic (exact) mass is 363 g/mol. The standard InChI is InChI=1S/C6H5IO6S2/c7-15(10,11)13-6-4-2-1-3-5(6)12-14(8)9/h1-4H,(H,8,9)/p-1. The fourth-order valence-corrected chi connectivity index (χ4v) is 1.99. The maximum absolute atomic E-state index is 10.8. The Hall–Kier alpha value is -0.390. The first-order valence-electron chi connectivity index (χ1n) is 3.39. The van der Waals surface area contributed by atoms with Crippen LogP contribution >= 0.6 is 21.2 Å². The molecule has 1 rings (SSSR count). The van der Waals surface area contributed by atoms with E-state index in [9.17, 15) is 17.2 Å². The van der Waals surface area contributed by atoms with Gasteiger partial charge in [0, 0.05) is 0 Å². The molecule has 1 aromatic rings. The molecule has 0 heterocycles. The molecule has 0 aromatic heterocycles. The molecule has 6 nitrogen and oxygen atoms in total. The Morgan fingerprint density at radius 3 is 2.27 bits per heavy atom. The molecule has 9 heteroatoms. The lowest BCUT2D eigenvalue weighted by Gasteiger charge is -2.10. The van der Waals surface area contributed by atoms with Crippen LogP contribution in [0, 0.1) is 0 Å². The molecular formula is C6H4IO6S2-. The van der Waals surface area contributed by atoms with Crippen LogP contribution in [0.2, 0.25) is 0 Å². The molecule has 1 atom stereocenters. The van der Waals surface area contributed by atoms with E-state index in [0.717, 1.165) is 21.2 Å². The van der Waals surface area contributed by atoms with Gasteiger partial charge in [0.15, 0.2) is 11.5 Å². The van der Waals surface area contributed by atoms with Gasteiger partial charge in [-0.2, -0.15) is 8.42 Å². The Labute approximate surface area is 101 Å². The van der Waals surface area contributed by atoms with Crippen LogP contribution in [0.15, 0.2) is 24.3 Å². The summed E-state index contributed by atoms with van der Waals surface area (Å²) in [6, 6.07) is 5.51. The molecule has 15 heavy (non-hydrogen) atoms. The van der Waals surface area contributed by atoms with Crippen LogP contribution in [0.25, 0.3) is 0 Å². The smallest absolute Gasteiger partial charge is 0.364 e. The first-order valence-corrected chi connectivity index (χ1v) is 8.34. The Morgan fingerprint density at radius 1 is 1.27 bits per heavy atom. The second-order valence-electron chi connectivity index (χ2n) is 2.21. The summed E-state index contributed by atoms with van der Waals surface area (Å²) in [5.74, 6) is -0.373. The van der Waals surface area contributed by atoms with Gasteiger partial charge in [0.2, 0.25) is 0 Å². The predicted octanol–water partition coefficient (Wildman–Crippen LogP) is 0.918. The minimum absolute atomic E-state index is 0.184. The molecule has 0 fully saturated rings. The summed E-state index contributed by atoms with van der Waals surface area (Å²) in [7, 11) is -3.75. The highest BCUT2D eigenvalue weighted by Crippen LogP contribution is 2.29. The molecule has 0 aliphatic rings. The van der Waals surface area contributed by atoms with Crippen molar-refractivity contribution in [3.05, 3.63) is 24.3 Å². The molecular weight excluding hydrogens is 359 g/mol. The lowest BCUT2D eigenvalue weighted by atomic mass is 10.3. The molecule has 0 bridgehead atoms. The number of rotatable bonds is 4. The third-order valence-corrected chi connectivity index (χ3v) is 2.43. The summed E-state index contributed by atoms with van der Waals surface area (Å²) in [6.07, 6.45) is 0. The van der Waals surface area contributed by atoms with Crippen LogP contribution in [0.3, 0.4) is 0 Å². The Balaban J connectivity index is 3.01. The molecule has 0 N–H and O–H groups in total. The Morgan fingerprint density at radius 2 is 1.80 bits per heavy atom. The first-order chi connectivity index (χ1) is 6.88. The SMILES string of the molecule is O=S([O-])Oc1ccccc1OS(=O)(=O)I. The number of halogens is 1. The van der Waals surface area contributed by atoms with Crippen LogP contribution < -0.4 is 8.37 Å². The minimum Gasteiger partial charge on any atom is -0.740 e. The van der Waals surface area contributed by atoms with Crippen molar-refractivity contribution in [1.82, 2.24) is 0 Å². The van der Waals surface area contributed by atoms with Gasteiger partial charge in [0.25, 0.3) is 0 Å². The van der Waals surface area contributed by atoms with Crippen molar-refractivity contribution in [3.63, 3.8) is 0 Å². The molecule has 0 saturated heterocycles. The summed E-state index contributed by atoms with van der Waals surface area (Å²) >= 11 is -1.71. The Bertz CT molecular complexity index is 470. The summed E-state index contributed by atoms with van der Waals surface area (Å²) < 4.78 is 50.9. The normalized spacial score (nSPS) is 13.2. The van der Waals surface area contributed by atoms with Crippen molar-refractivity contribution in [2.24, 2.45) is 0 Å². The van der Waals surface area contributed by atoms with Crippen molar-refractivity contribution in [2.45, 2.75) is 0 Å². The highest BCUT2D eigenvalue weighted by Gasteiger charge is 2.11. The number of hydrogen-bond donors (Lipinski definition) is 0. The predicted molar refractivity (Wildman–Crippen MR) is 59.6 cm³/mol. The Kier molecular flexibility index (Phi) is 4.31. The van der Waals surface area contributed by atoms with Crippen molar-refractivity contribution in [1.29, 1.82) is 0 Å². The zero-order valence-corrected chi connectivity index (χ0v) is 10.7. The van der Waals surface area contributed by atoms with Gasteiger partial charge in [-0.05, 0) is 12.1 Å². The van der Waals surface area contributed by atoms with E-state index in [1.807, 2.05) is 0 Å². The quantitative estimate of drug-likeness (QED) is 0.449. The molecule has 0 spiro atoms. The average molecular weight is 363 g/mol. The fourth-order valence-electron chi connectivity index (χ4n) is 0.768. The highest BCUT2D eigenvalue weighted by molar-refractivity contribution is 14.2. The third kappa shape index (κ3) is 4.77. The van der Waals surface area contributed by atoms with Gasteiger partial charge in [-0.1, -0.05) is 12.1 Å². The third-order valence-electron chi connectivity index (χ3n) is 1.20. The van der Waals surface area contributed by atoms with Crippen molar-refractivity contribution in [2.75, 3.05) is 0 Å². The zero-order chi connectivity index (χ0) is 11.5.